The van der Waals surface area contributed by atoms with E-state index in [2.05, 4.69) is 0 Å². The highest BCUT2D eigenvalue weighted by molar-refractivity contribution is 5.97. The van der Waals surface area contributed by atoms with E-state index in [-0.39, 0.29) is 11.7 Å². The molecule has 66 valence electrons. The number of carbonyl (C=O) groups excluding carboxylic acids is 1. The first-order chi connectivity index (χ1) is 5.57. The zero-order chi connectivity index (χ0) is 9.30. The molecule has 0 atom stereocenters. The van der Waals surface area contributed by atoms with E-state index in [4.69, 9.17) is 4.42 Å². The summed E-state index contributed by atoms with van der Waals surface area (Å²) in [5.41, 5.74) is 1.13. The average molecular weight is 168 g/mol. The monoisotopic (exact) mass is 168 g/mol. The summed E-state index contributed by atoms with van der Waals surface area (Å²) >= 11 is 0. The molecule has 0 aliphatic carbocycles. The Morgan fingerprint density at radius 1 is 1.58 bits per heavy atom. The van der Waals surface area contributed by atoms with Gasteiger partial charge in [-0.2, -0.15) is 0 Å². The van der Waals surface area contributed by atoms with Crippen molar-refractivity contribution in [3.8, 4) is 5.95 Å². The van der Waals surface area contributed by atoms with Crippen LogP contribution in [0.15, 0.2) is 4.42 Å². The minimum Gasteiger partial charge on any atom is -0.480 e. The number of furan rings is 1. The molecule has 0 bridgehead atoms. The Labute approximate surface area is 71.0 Å². The molecular formula is C9H12O3. The molecule has 0 radical (unpaired) electrons. The van der Waals surface area contributed by atoms with Crippen LogP contribution in [0.25, 0.3) is 0 Å². The molecule has 0 unspecified atom stereocenters. The number of carbonyl (C=O) groups is 1. The quantitative estimate of drug-likeness (QED) is 0.687. The summed E-state index contributed by atoms with van der Waals surface area (Å²) in [4.78, 5) is 11.0. The second kappa shape index (κ2) is 3.01. The summed E-state index contributed by atoms with van der Waals surface area (Å²) in [6, 6.07) is 0. The van der Waals surface area contributed by atoms with Crippen molar-refractivity contribution in [3.63, 3.8) is 0 Å². The second-order valence-electron chi connectivity index (χ2n) is 2.73. The number of rotatable bonds is 2. The van der Waals surface area contributed by atoms with Crippen molar-refractivity contribution in [1.29, 1.82) is 0 Å². The fourth-order valence-electron chi connectivity index (χ4n) is 1.35. The molecule has 0 spiro atoms. The highest BCUT2D eigenvalue weighted by atomic mass is 16.5. The highest BCUT2D eigenvalue weighted by Crippen LogP contribution is 2.28. The van der Waals surface area contributed by atoms with Crippen molar-refractivity contribution in [2.45, 2.75) is 27.2 Å². The molecule has 0 fully saturated rings. The summed E-state index contributed by atoms with van der Waals surface area (Å²) < 4.78 is 4.93. The highest BCUT2D eigenvalue weighted by Gasteiger charge is 2.18. The van der Waals surface area contributed by atoms with Gasteiger partial charge in [0.1, 0.15) is 11.3 Å². The van der Waals surface area contributed by atoms with Crippen molar-refractivity contribution in [2.75, 3.05) is 0 Å². The molecule has 0 aliphatic heterocycles. The fraction of sp³-hybridized carbons (Fsp3) is 0.444. The molecule has 0 saturated heterocycles. The minimum atomic E-state index is -0.253. The number of hydrogen-bond donors (Lipinski definition) is 1. The van der Waals surface area contributed by atoms with Crippen LogP contribution < -0.4 is 0 Å². The molecule has 0 aromatic carbocycles. The SMILES string of the molecule is CCc1c(C)oc(O)c1C(C)=O. The first-order valence-electron chi connectivity index (χ1n) is 3.90. The van der Waals surface area contributed by atoms with Crippen LogP contribution in [0, 0.1) is 6.92 Å². The largest absolute Gasteiger partial charge is 0.480 e. The lowest BCUT2D eigenvalue weighted by atomic mass is 10.1. The van der Waals surface area contributed by atoms with Crippen LogP contribution in [0.1, 0.15) is 35.5 Å². The Bertz CT molecular complexity index is 310. The lowest BCUT2D eigenvalue weighted by Gasteiger charge is -1.94. The Hall–Kier alpha value is -1.25. The van der Waals surface area contributed by atoms with Gasteiger partial charge in [0.15, 0.2) is 5.78 Å². The van der Waals surface area contributed by atoms with Crippen molar-refractivity contribution < 1.29 is 14.3 Å². The Balaban J connectivity index is 3.32. The van der Waals surface area contributed by atoms with Crippen LogP contribution in [0.3, 0.4) is 0 Å². The van der Waals surface area contributed by atoms with E-state index >= 15 is 0 Å². The Kier molecular flexibility index (Phi) is 2.22. The molecule has 3 heteroatoms. The van der Waals surface area contributed by atoms with Gasteiger partial charge >= 0.3 is 0 Å². The summed E-state index contributed by atoms with van der Waals surface area (Å²) in [5.74, 6) is 0.221. The molecule has 1 aromatic heterocycles. The van der Waals surface area contributed by atoms with E-state index in [1.807, 2.05) is 6.92 Å². The minimum absolute atomic E-state index is 0.152. The lowest BCUT2D eigenvalue weighted by molar-refractivity contribution is 0.101. The zero-order valence-electron chi connectivity index (χ0n) is 7.47. The molecule has 1 heterocycles. The first kappa shape index (κ1) is 8.84. The van der Waals surface area contributed by atoms with Crippen LogP contribution in [0.4, 0.5) is 0 Å². The van der Waals surface area contributed by atoms with Crippen LogP contribution in [-0.2, 0) is 6.42 Å². The van der Waals surface area contributed by atoms with Gasteiger partial charge in [-0.15, -0.1) is 0 Å². The maximum Gasteiger partial charge on any atom is 0.293 e. The van der Waals surface area contributed by atoms with Gasteiger partial charge < -0.3 is 9.52 Å². The topological polar surface area (TPSA) is 50.4 Å². The van der Waals surface area contributed by atoms with Gasteiger partial charge in [-0.25, -0.2) is 0 Å². The third kappa shape index (κ3) is 1.22. The molecule has 12 heavy (non-hydrogen) atoms. The standard InChI is InChI=1S/C9H12O3/c1-4-7-6(3)12-9(11)8(7)5(2)10/h11H,4H2,1-3H3. The first-order valence-corrected chi connectivity index (χ1v) is 3.90. The maximum absolute atomic E-state index is 11.0. The van der Waals surface area contributed by atoms with Crippen molar-refractivity contribution in [3.05, 3.63) is 16.9 Å². The lowest BCUT2D eigenvalue weighted by Crippen LogP contribution is -1.95. The van der Waals surface area contributed by atoms with Gasteiger partial charge in [0.05, 0.1) is 0 Å². The second-order valence-corrected chi connectivity index (χ2v) is 2.73. The third-order valence-electron chi connectivity index (χ3n) is 1.90. The van der Waals surface area contributed by atoms with Crippen molar-refractivity contribution >= 4 is 5.78 Å². The number of Topliss-reactive ketones (excluding diaryl/α,β-unsaturated/α-hetero) is 1. The van der Waals surface area contributed by atoms with Crippen LogP contribution in [-0.4, -0.2) is 10.9 Å². The van der Waals surface area contributed by atoms with Crippen molar-refractivity contribution in [1.82, 2.24) is 0 Å². The van der Waals surface area contributed by atoms with Crippen molar-refractivity contribution in [2.24, 2.45) is 0 Å². The molecule has 1 N–H and O–H groups in total. The Morgan fingerprint density at radius 2 is 2.17 bits per heavy atom. The predicted octanol–water partition coefficient (Wildman–Crippen LogP) is 2.06. The number of hydrogen-bond acceptors (Lipinski definition) is 3. The van der Waals surface area contributed by atoms with Crippen LogP contribution in [0.5, 0.6) is 5.95 Å². The molecule has 0 saturated carbocycles. The van der Waals surface area contributed by atoms with Crippen LogP contribution in [0.2, 0.25) is 0 Å². The third-order valence-corrected chi connectivity index (χ3v) is 1.90. The van der Waals surface area contributed by atoms with E-state index < -0.39 is 0 Å². The van der Waals surface area contributed by atoms with Gasteiger partial charge in [-0.1, -0.05) is 6.92 Å². The van der Waals surface area contributed by atoms with Gasteiger partial charge in [0.2, 0.25) is 0 Å². The number of aryl methyl sites for hydroxylation is 1. The zero-order valence-corrected chi connectivity index (χ0v) is 7.47. The molecule has 0 aliphatic rings. The number of aromatic hydroxyl groups is 1. The summed E-state index contributed by atoms with van der Waals surface area (Å²) in [5, 5.41) is 9.23. The van der Waals surface area contributed by atoms with Crippen LogP contribution >= 0.6 is 0 Å². The van der Waals surface area contributed by atoms with E-state index in [9.17, 15) is 9.90 Å². The molecular weight excluding hydrogens is 156 g/mol. The normalized spacial score (nSPS) is 10.2. The summed E-state index contributed by atoms with van der Waals surface area (Å²) in [6.45, 7) is 5.08. The summed E-state index contributed by atoms with van der Waals surface area (Å²) in [6.07, 6.45) is 0.699. The van der Waals surface area contributed by atoms with Gasteiger partial charge in [0.25, 0.3) is 5.95 Å². The molecule has 3 nitrogen and oxygen atoms in total. The molecule has 1 aromatic rings. The molecule has 1 rings (SSSR count). The van der Waals surface area contributed by atoms with E-state index in [0.717, 1.165) is 5.56 Å². The average Bonchev–Trinajstić information content (AvgIpc) is 2.24. The fourth-order valence-corrected chi connectivity index (χ4v) is 1.35. The predicted molar refractivity (Wildman–Crippen MR) is 44.5 cm³/mol. The van der Waals surface area contributed by atoms with Gasteiger partial charge in [0, 0.05) is 5.56 Å². The van der Waals surface area contributed by atoms with E-state index in [0.29, 0.717) is 17.7 Å². The Morgan fingerprint density at radius 3 is 2.50 bits per heavy atom. The number of ketones is 1. The van der Waals surface area contributed by atoms with Gasteiger partial charge in [-0.05, 0) is 20.3 Å². The van der Waals surface area contributed by atoms with E-state index in [1.54, 1.807) is 6.92 Å². The smallest absolute Gasteiger partial charge is 0.293 e. The summed E-state index contributed by atoms with van der Waals surface area (Å²) in [7, 11) is 0. The van der Waals surface area contributed by atoms with Gasteiger partial charge in [-0.3, -0.25) is 4.79 Å². The maximum atomic E-state index is 11.0. The molecule has 0 amide bonds. The van der Waals surface area contributed by atoms with E-state index in [1.165, 1.54) is 6.92 Å².